The first kappa shape index (κ1) is 18.4. The molecule has 0 aliphatic heterocycles. The van der Waals surface area contributed by atoms with E-state index in [4.69, 9.17) is 17.1 Å². The molecule has 0 saturated heterocycles. The van der Waals surface area contributed by atoms with Crippen molar-refractivity contribution >= 4 is 17.2 Å². The van der Waals surface area contributed by atoms with Gasteiger partial charge in [-0.3, -0.25) is 15.3 Å². The van der Waals surface area contributed by atoms with E-state index >= 15 is 0 Å². The second-order valence-electron chi connectivity index (χ2n) is 6.29. The van der Waals surface area contributed by atoms with Crippen LogP contribution in [0.5, 0.6) is 5.75 Å². The summed E-state index contributed by atoms with van der Waals surface area (Å²) in [7, 11) is 1.85. The summed E-state index contributed by atoms with van der Waals surface area (Å²) in [4.78, 5) is 10.8. The summed E-state index contributed by atoms with van der Waals surface area (Å²) in [5, 5.41) is 12.5. The molecule has 0 amide bonds. The normalized spacial score (nSPS) is 19.5. The number of phenolic OH excluding ortho intramolecular Hbond substituents is 1. The molecule has 0 fully saturated rings. The third-order valence-electron chi connectivity index (χ3n) is 4.69. The van der Waals surface area contributed by atoms with Crippen molar-refractivity contribution in [3.63, 3.8) is 0 Å². The fourth-order valence-electron chi connectivity index (χ4n) is 3.34. The molecule has 26 heavy (non-hydrogen) atoms. The van der Waals surface area contributed by atoms with E-state index in [9.17, 15) is 5.11 Å². The number of phenols is 1. The van der Waals surface area contributed by atoms with Crippen LogP contribution in [0.15, 0.2) is 60.6 Å². The average Bonchev–Trinajstić information content (AvgIpc) is 2.70. The SMILES string of the molecule is CNC(=S)C1(c2cccnc2)CCCC=C1NOCc1ccc(O)cc1. The fourth-order valence-corrected chi connectivity index (χ4v) is 3.67. The predicted molar refractivity (Wildman–Crippen MR) is 106 cm³/mol. The highest BCUT2D eigenvalue weighted by Gasteiger charge is 2.42. The lowest BCUT2D eigenvalue weighted by molar-refractivity contribution is 0.0409. The van der Waals surface area contributed by atoms with Crippen molar-refractivity contribution in [1.29, 1.82) is 0 Å². The number of hydrogen-bond donors (Lipinski definition) is 3. The van der Waals surface area contributed by atoms with E-state index in [1.165, 1.54) is 0 Å². The van der Waals surface area contributed by atoms with Crippen LogP contribution in [0.25, 0.3) is 0 Å². The van der Waals surface area contributed by atoms with Gasteiger partial charge in [0.15, 0.2) is 0 Å². The molecule has 5 nitrogen and oxygen atoms in total. The van der Waals surface area contributed by atoms with Crippen LogP contribution in [-0.4, -0.2) is 22.1 Å². The van der Waals surface area contributed by atoms with Crippen LogP contribution in [0.3, 0.4) is 0 Å². The standard InChI is InChI=1S/C20H23N3O2S/c1-21-19(26)20(16-5-4-12-22-13-16)11-3-2-6-18(20)23-25-14-15-7-9-17(24)10-8-15/h4-10,12-13,23-24H,2-3,11,14H2,1H3,(H,21,26). The Morgan fingerprint density at radius 3 is 2.81 bits per heavy atom. The van der Waals surface area contributed by atoms with E-state index in [1.807, 2.05) is 31.4 Å². The molecule has 1 aromatic carbocycles. The van der Waals surface area contributed by atoms with Crippen LogP contribution in [0.4, 0.5) is 0 Å². The summed E-state index contributed by atoms with van der Waals surface area (Å²) < 4.78 is 0. The average molecular weight is 369 g/mol. The topological polar surface area (TPSA) is 66.4 Å². The van der Waals surface area contributed by atoms with Gasteiger partial charge in [0.05, 0.1) is 22.7 Å². The van der Waals surface area contributed by atoms with Crippen LogP contribution < -0.4 is 10.8 Å². The number of likely N-dealkylation sites (N-methyl/N-ethyl adjacent to an activating group) is 1. The number of aromatic hydroxyl groups is 1. The Kier molecular flexibility index (Phi) is 5.85. The molecule has 1 unspecified atom stereocenters. The first-order valence-corrected chi connectivity index (χ1v) is 9.06. The second kappa shape index (κ2) is 8.29. The smallest absolute Gasteiger partial charge is 0.115 e. The summed E-state index contributed by atoms with van der Waals surface area (Å²) in [6.07, 6.45) is 8.68. The van der Waals surface area contributed by atoms with Crippen molar-refractivity contribution in [3.05, 3.63) is 71.7 Å². The maximum Gasteiger partial charge on any atom is 0.115 e. The van der Waals surface area contributed by atoms with Gasteiger partial charge in [-0.15, -0.1) is 0 Å². The molecular weight excluding hydrogens is 346 g/mol. The van der Waals surface area contributed by atoms with Gasteiger partial charge in [0.2, 0.25) is 0 Å². The third kappa shape index (κ3) is 3.71. The minimum atomic E-state index is -0.467. The Balaban J connectivity index is 1.81. The van der Waals surface area contributed by atoms with Crippen molar-refractivity contribution in [2.45, 2.75) is 31.3 Å². The zero-order valence-corrected chi connectivity index (χ0v) is 15.6. The number of hydroxylamine groups is 1. The number of aromatic nitrogens is 1. The fraction of sp³-hybridized carbons (Fsp3) is 0.300. The molecular formula is C20H23N3O2S. The van der Waals surface area contributed by atoms with E-state index in [0.717, 1.165) is 41.1 Å². The number of nitrogens with one attached hydrogen (secondary N) is 2. The van der Waals surface area contributed by atoms with Crippen molar-refractivity contribution in [2.24, 2.45) is 0 Å². The lowest BCUT2D eigenvalue weighted by atomic mass is 9.71. The number of nitrogens with zero attached hydrogens (tertiary/aromatic N) is 1. The molecule has 1 aliphatic carbocycles. The quantitative estimate of drug-likeness (QED) is 0.536. The molecule has 0 bridgehead atoms. The lowest BCUT2D eigenvalue weighted by Crippen LogP contribution is -2.48. The van der Waals surface area contributed by atoms with Gasteiger partial charge in [0, 0.05) is 19.4 Å². The predicted octanol–water partition coefficient (Wildman–Crippen LogP) is 3.36. The number of pyridine rings is 1. The first-order chi connectivity index (χ1) is 12.7. The van der Waals surface area contributed by atoms with Crippen LogP contribution in [0.2, 0.25) is 0 Å². The Morgan fingerprint density at radius 2 is 2.12 bits per heavy atom. The molecule has 6 heteroatoms. The number of benzene rings is 1. The van der Waals surface area contributed by atoms with Crippen molar-refractivity contribution in [1.82, 2.24) is 15.8 Å². The van der Waals surface area contributed by atoms with Gasteiger partial charge in [0.1, 0.15) is 5.75 Å². The Labute approximate surface area is 159 Å². The van der Waals surface area contributed by atoms with Crippen LogP contribution in [0, 0.1) is 0 Å². The molecule has 3 rings (SSSR count). The monoisotopic (exact) mass is 369 g/mol. The second-order valence-corrected chi connectivity index (χ2v) is 6.70. The van der Waals surface area contributed by atoms with E-state index < -0.39 is 5.41 Å². The van der Waals surface area contributed by atoms with Gasteiger partial charge in [-0.25, -0.2) is 0 Å². The van der Waals surface area contributed by atoms with Gasteiger partial charge in [-0.1, -0.05) is 36.5 Å². The molecule has 2 aromatic rings. The molecule has 0 radical (unpaired) electrons. The molecule has 1 aromatic heterocycles. The largest absolute Gasteiger partial charge is 0.508 e. The Morgan fingerprint density at radius 1 is 1.31 bits per heavy atom. The number of thiocarbonyl (C=S) groups is 1. The molecule has 136 valence electrons. The van der Waals surface area contributed by atoms with Crippen molar-refractivity contribution in [2.75, 3.05) is 7.05 Å². The first-order valence-electron chi connectivity index (χ1n) is 8.66. The number of allylic oxidation sites excluding steroid dienone is 1. The zero-order chi connectivity index (χ0) is 18.4. The van der Waals surface area contributed by atoms with E-state index in [1.54, 1.807) is 18.3 Å². The summed E-state index contributed by atoms with van der Waals surface area (Å²) in [5.74, 6) is 0.242. The Hall–Kier alpha value is -2.44. The minimum absolute atomic E-state index is 0.242. The van der Waals surface area contributed by atoms with Gasteiger partial charge >= 0.3 is 0 Å². The van der Waals surface area contributed by atoms with Gasteiger partial charge in [-0.05, 0) is 48.6 Å². The summed E-state index contributed by atoms with van der Waals surface area (Å²) in [5.41, 5.74) is 5.62. The number of hydrogen-bond acceptors (Lipinski definition) is 5. The van der Waals surface area contributed by atoms with Gasteiger partial charge < -0.3 is 10.4 Å². The molecule has 3 N–H and O–H groups in total. The van der Waals surface area contributed by atoms with Gasteiger partial charge in [0.25, 0.3) is 0 Å². The van der Waals surface area contributed by atoms with E-state index in [-0.39, 0.29) is 5.75 Å². The molecule has 1 atom stereocenters. The highest BCUT2D eigenvalue weighted by molar-refractivity contribution is 7.80. The Bertz CT molecular complexity index is 777. The maximum atomic E-state index is 9.38. The zero-order valence-electron chi connectivity index (χ0n) is 14.7. The van der Waals surface area contributed by atoms with Crippen LogP contribution >= 0.6 is 12.2 Å². The summed E-state index contributed by atoms with van der Waals surface area (Å²) in [6.45, 7) is 0.382. The molecule has 1 heterocycles. The van der Waals surface area contributed by atoms with Crippen molar-refractivity contribution in [3.8, 4) is 5.75 Å². The molecule has 0 spiro atoms. The maximum absolute atomic E-state index is 9.38. The minimum Gasteiger partial charge on any atom is -0.508 e. The highest BCUT2D eigenvalue weighted by atomic mass is 32.1. The summed E-state index contributed by atoms with van der Waals surface area (Å²) >= 11 is 5.70. The van der Waals surface area contributed by atoms with Crippen LogP contribution in [-0.2, 0) is 16.9 Å². The highest BCUT2D eigenvalue weighted by Crippen LogP contribution is 2.40. The third-order valence-corrected chi connectivity index (χ3v) is 5.24. The van der Waals surface area contributed by atoms with Crippen LogP contribution in [0.1, 0.15) is 30.4 Å². The molecule has 0 saturated carbocycles. The van der Waals surface area contributed by atoms with E-state index in [0.29, 0.717) is 6.61 Å². The summed E-state index contributed by atoms with van der Waals surface area (Å²) in [6, 6.07) is 10.9. The lowest BCUT2D eigenvalue weighted by Gasteiger charge is -2.39. The molecule has 1 aliphatic rings. The van der Waals surface area contributed by atoms with E-state index in [2.05, 4.69) is 27.9 Å². The number of rotatable bonds is 6. The van der Waals surface area contributed by atoms with Crippen molar-refractivity contribution < 1.29 is 9.94 Å². The van der Waals surface area contributed by atoms with Gasteiger partial charge in [-0.2, -0.15) is 0 Å².